The molecule has 0 saturated carbocycles. The van der Waals surface area contributed by atoms with Crippen molar-refractivity contribution in [2.24, 2.45) is 0 Å². The summed E-state index contributed by atoms with van der Waals surface area (Å²) < 4.78 is 5.60. The lowest BCUT2D eigenvalue weighted by molar-refractivity contribution is -0.126. The lowest BCUT2D eigenvalue weighted by atomic mass is 10.2. The van der Waals surface area contributed by atoms with Gasteiger partial charge in [0.15, 0.2) is 0 Å². The lowest BCUT2D eigenvalue weighted by Crippen LogP contribution is -2.50. The number of nitrogens with zero attached hydrogens (tertiary/aromatic N) is 1. The van der Waals surface area contributed by atoms with Gasteiger partial charge in [-0.25, -0.2) is 0 Å². The number of carbonyl (C=O) groups is 1. The van der Waals surface area contributed by atoms with E-state index < -0.39 is 0 Å². The van der Waals surface area contributed by atoms with Crippen molar-refractivity contribution in [3.8, 4) is 0 Å². The van der Waals surface area contributed by atoms with Crippen LogP contribution in [0.25, 0.3) is 0 Å². The Bertz CT molecular complexity index is 217. The minimum absolute atomic E-state index is 0.0776. The van der Waals surface area contributed by atoms with Crippen LogP contribution in [0.4, 0.5) is 0 Å². The van der Waals surface area contributed by atoms with Gasteiger partial charge in [-0.15, -0.1) is 0 Å². The first-order valence-electron chi connectivity index (χ1n) is 5.95. The smallest absolute Gasteiger partial charge is 0.237 e. The molecule has 1 aliphatic rings. The van der Waals surface area contributed by atoms with E-state index in [1.165, 1.54) is 0 Å². The maximum atomic E-state index is 11.6. The topological polar surface area (TPSA) is 53.6 Å². The highest BCUT2D eigenvalue weighted by Crippen LogP contribution is 2.02. The summed E-state index contributed by atoms with van der Waals surface area (Å²) in [6.07, 6.45) is 0.190. The molecule has 0 aromatic rings. The molecule has 0 aromatic heterocycles. The monoisotopic (exact) mass is 229 g/mol. The number of rotatable bonds is 5. The highest BCUT2D eigenvalue weighted by atomic mass is 16.5. The fourth-order valence-corrected chi connectivity index (χ4v) is 1.74. The molecular formula is C11H23N3O2. The summed E-state index contributed by atoms with van der Waals surface area (Å²) in [6.45, 7) is 7.86. The first kappa shape index (κ1) is 13.4. The van der Waals surface area contributed by atoms with Crippen molar-refractivity contribution in [2.75, 3.05) is 39.8 Å². The maximum absolute atomic E-state index is 11.6. The van der Waals surface area contributed by atoms with Gasteiger partial charge in [-0.05, 0) is 20.9 Å². The molecule has 0 aliphatic carbocycles. The van der Waals surface area contributed by atoms with Gasteiger partial charge in [0.1, 0.15) is 0 Å². The average Bonchev–Trinajstić information content (AvgIpc) is 2.29. The van der Waals surface area contributed by atoms with Crippen LogP contribution in [0.15, 0.2) is 0 Å². The number of carbonyl (C=O) groups excluding carboxylic acids is 1. The second-order valence-corrected chi connectivity index (χ2v) is 4.21. The van der Waals surface area contributed by atoms with Crippen LogP contribution in [-0.4, -0.2) is 62.8 Å². The number of morpholine rings is 1. The van der Waals surface area contributed by atoms with Gasteiger partial charge in [0.05, 0.1) is 18.8 Å². The Balaban J connectivity index is 2.32. The van der Waals surface area contributed by atoms with Crippen molar-refractivity contribution < 1.29 is 9.53 Å². The van der Waals surface area contributed by atoms with Crippen molar-refractivity contribution in [1.29, 1.82) is 0 Å². The molecule has 0 radical (unpaired) electrons. The Morgan fingerprint density at radius 2 is 2.44 bits per heavy atom. The number of amides is 1. The largest absolute Gasteiger partial charge is 0.374 e. The summed E-state index contributed by atoms with van der Waals surface area (Å²) in [5.74, 6) is 0.0776. The Hall–Kier alpha value is -0.650. The minimum atomic E-state index is -0.106. The molecule has 2 unspecified atom stereocenters. The normalized spacial score (nSPS) is 23.1. The summed E-state index contributed by atoms with van der Waals surface area (Å²) in [5, 5.41) is 6.11. The summed E-state index contributed by atoms with van der Waals surface area (Å²) in [6, 6.07) is -0.106. The zero-order valence-corrected chi connectivity index (χ0v) is 10.5. The van der Waals surface area contributed by atoms with Crippen molar-refractivity contribution in [2.45, 2.75) is 26.0 Å². The Morgan fingerprint density at radius 3 is 3.00 bits per heavy atom. The fraction of sp³-hybridized carbons (Fsp3) is 0.909. The van der Waals surface area contributed by atoms with Gasteiger partial charge in [-0.3, -0.25) is 9.69 Å². The Morgan fingerprint density at radius 1 is 1.69 bits per heavy atom. The molecule has 1 saturated heterocycles. The molecule has 1 rings (SSSR count). The fourth-order valence-electron chi connectivity index (χ4n) is 1.74. The zero-order valence-electron chi connectivity index (χ0n) is 10.5. The molecule has 5 nitrogen and oxygen atoms in total. The number of hydrogen-bond acceptors (Lipinski definition) is 4. The predicted octanol–water partition coefficient (Wildman–Crippen LogP) is -0.569. The third kappa shape index (κ3) is 4.08. The van der Waals surface area contributed by atoms with E-state index in [9.17, 15) is 4.79 Å². The highest BCUT2D eigenvalue weighted by molar-refractivity contribution is 5.81. The number of nitrogens with one attached hydrogen (secondary N) is 2. The van der Waals surface area contributed by atoms with Gasteiger partial charge < -0.3 is 15.4 Å². The molecule has 0 bridgehead atoms. The first-order chi connectivity index (χ1) is 7.65. The van der Waals surface area contributed by atoms with E-state index in [2.05, 4.69) is 10.6 Å². The van der Waals surface area contributed by atoms with Crippen molar-refractivity contribution in [1.82, 2.24) is 15.5 Å². The molecule has 1 aliphatic heterocycles. The third-order valence-corrected chi connectivity index (χ3v) is 2.89. The van der Waals surface area contributed by atoms with E-state index in [1.54, 1.807) is 0 Å². The summed E-state index contributed by atoms with van der Waals surface area (Å²) in [5.41, 5.74) is 0. The van der Waals surface area contributed by atoms with Gasteiger partial charge >= 0.3 is 0 Å². The van der Waals surface area contributed by atoms with Gasteiger partial charge in [-0.2, -0.15) is 0 Å². The van der Waals surface area contributed by atoms with E-state index >= 15 is 0 Å². The van der Waals surface area contributed by atoms with Crippen LogP contribution in [0.2, 0.25) is 0 Å². The molecular weight excluding hydrogens is 206 g/mol. The standard InChI is InChI=1S/C11H23N3O2/c1-4-13-11(15)9(2)14(3)8-10-7-12-5-6-16-10/h9-10,12H,4-8H2,1-3H3,(H,13,15). The van der Waals surface area contributed by atoms with Crippen molar-refractivity contribution in [3.05, 3.63) is 0 Å². The van der Waals surface area contributed by atoms with Crippen LogP contribution < -0.4 is 10.6 Å². The van der Waals surface area contributed by atoms with E-state index in [4.69, 9.17) is 4.74 Å². The molecule has 16 heavy (non-hydrogen) atoms. The molecule has 2 N–H and O–H groups in total. The Labute approximate surface area is 97.5 Å². The van der Waals surface area contributed by atoms with E-state index in [-0.39, 0.29) is 18.1 Å². The van der Waals surface area contributed by atoms with Gasteiger partial charge in [0.25, 0.3) is 0 Å². The lowest BCUT2D eigenvalue weighted by Gasteiger charge is -2.30. The Kier molecular flexibility index (Phi) is 5.73. The number of hydrogen-bond donors (Lipinski definition) is 2. The maximum Gasteiger partial charge on any atom is 0.237 e. The molecule has 1 heterocycles. The molecule has 0 spiro atoms. The van der Waals surface area contributed by atoms with Crippen LogP contribution in [0.5, 0.6) is 0 Å². The van der Waals surface area contributed by atoms with Crippen molar-refractivity contribution >= 4 is 5.91 Å². The third-order valence-electron chi connectivity index (χ3n) is 2.89. The zero-order chi connectivity index (χ0) is 12.0. The van der Waals surface area contributed by atoms with Crippen LogP contribution in [0.3, 0.4) is 0 Å². The molecule has 5 heteroatoms. The molecule has 0 aromatic carbocycles. The minimum Gasteiger partial charge on any atom is -0.374 e. The van der Waals surface area contributed by atoms with E-state index in [0.29, 0.717) is 6.54 Å². The van der Waals surface area contributed by atoms with Crippen LogP contribution in [-0.2, 0) is 9.53 Å². The van der Waals surface area contributed by atoms with Crippen LogP contribution >= 0.6 is 0 Å². The SMILES string of the molecule is CCNC(=O)C(C)N(C)CC1CNCCO1. The van der Waals surface area contributed by atoms with E-state index in [0.717, 1.165) is 26.2 Å². The highest BCUT2D eigenvalue weighted by Gasteiger charge is 2.22. The summed E-state index contributed by atoms with van der Waals surface area (Å²) in [7, 11) is 1.96. The molecule has 94 valence electrons. The first-order valence-corrected chi connectivity index (χ1v) is 5.95. The summed E-state index contributed by atoms with van der Waals surface area (Å²) in [4.78, 5) is 13.6. The molecule has 2 atom stereocenters. The summed E-state index contributed by atoms with van der Waals surface area (Å²) >= 11 is 0. The second kappa shape index (κ2) is 6.83. The second-order valence-electron chi connectivity index (χ2n) is 4.21. The van der Waals surface area contributed by atoms with E-state index in [1.807, 2.05) is 25.8 Å². The number of ether oxygens (including phenoxy) is 1. The quantitative estimate of drug-likeness (QED) is 0.663. The molecule has 1 fully saturated rings. The van der Waals surface area contributed by atoms with Crippen LogP contribution in [0, 0.1) is 0 Å². The van der Waals surface area contributed by atoms with Crippen LogP contribution in [0.1, 0.15) is 13.8 Å². The van der Waals surface area contributed by atoms with Gasteiger partial charge in [0.2, 0.25) is 5.91 Å². The number of likely N-dealkylation sites (N-methyl/N-ethyl adjacent to an activating group) is 2. The molecule has 1 amide bonds. The van der Waals surface area contributed by atoms with Gasteiger partial charge in [-0.1, -0.05) is 0 Å². The predicted molar refractivity (Wildman–Crippen MR) is 63.4 cm³/mol. The average molecular weight is 229 g/mol. The van der Waals surface area contributed by atoms with Gasteiger partial charge in [0, 0.05) is 26.2 Å². The van der Waals surface area contributed by atoms with Crippen molar-refractivity contribution in [3.63, 3.8) is 0 Å².